The fourth-order valence-electron chi connectivity index (χ4n) is 3.06. The summed E-state index contributed by atoms with van der Waals surface area (Å²) < 4.78 is 3.31. The van der Waals surface area contributed by atoms with Crippen molar-refractivity contribution in [3.8, 4) is 0 Å². The number of fused-ring (bicyclic) bond motifs is 1. The molecule has 1 aliphatic heterocycles. The van der Waals surface area contributed by atoms with Crippen molar-refractivity contribution in [1.82, 2.24) is 19.1 Å². The molecule has 2 aromatic heterocycles. The highest BCUT2D eigenvalue weighted by atomic mass is 16.2. The molecule has 2 aromatic rings. The molecule has 0 aliphatic carbocycles. The second kappa shape index (κ2) is 6.06. The van der Waals surface area contributed by atoms with Crippen molar-refractivity contribution in [3.63, 3.8) is 0 Å². The molecule has 0 atom stereocenters. The maximum absolute atomic E-state index is 12.3. The van der Waals surface area contributed by atoms with E-state index in [2.05, 4.69) is 21.8 Å². The van der Waals surface area contributed by atoms with E-state index in [9.17, 15) is 9.59 Å². The molecule has 7 nitrogen and oxygen atoms in total. The Labute approximate surface area is 134 Å². The lowest BCUT2D eigenvalue weighted by molar-refractivity contribution is 0.432. The van der Waals surface area contributed by atoms with Gasteiger partial charge >= 0.3 is 5.69 Å². The van der Waals surface area contributed by atoms with Gasteiger partial charge in [0.1, 0.15) is 0 Å². The standard InChI is InChI=1S/C16H23N5O2/c1-4-5-8-21-12-13(19(3)16(23)18-14(12)22)17-15(21)20-9-6-11(2)7-10-20/h4-5,11H,6-10H2,1-3H3,(H,18,22,23). The number of piperidine rings is 1. The zero-order valence-corrected chi connectivity index (χ0v) is 13.9. The van der Waals surface area contributed by atoms with Crippen LogP contribution in [0.4, 0.5) is 5.95 Å². The summed E-state index contributed by atoms with van der Waals surface area (Å²) in [7, 11) is 1.63. The van der Waals surface area contributed by atoms with Crippen molar-refractivity contribution in [2.45, 2.75) is 33.2 Å². The van der Waals surface area contributed by atoms with Gasteiger partial charge in [0.05, 0.1) is 0 Å². The second-order valence-corrected chi connectivity index (χ2v) is 6.25. The lowest BCUT2D eigenvalue weighted by atomic mass is 10.00. The van der Waals surface area contributed by atoms with E-state index in [4.69, 9.17) is 0 Å². The first-order valence-corrected chi connectivity index (χ1v) is 8.08. The zero-order valence-electron chi connectivity index (χ0n) is 13.9. The number of aryl methyl sites for hydroxylation is 1. The van der Waals surface area contributed by atoms with E-state index in [1.807, 2.05) is 23.6 Å². The Bertz CT molecular complexity index is 850. The number of hydrogen-bond acceptors (Lipinski definition) is 4. The largest absolute Gasteiger partial charge is 0.342 e. The van der Waals surface area contributed by atoms with Crippen molar-refractivity contribution < 1.29 is 0 Å². The van der Waals surface area contributed by atoms with Gasteiger partial charge in [-0.3, -0.25) is 14.3 Å². The summed E-state index contributed by atoms with van der Waals surface area (Å²) in [4.78, 5) is 33.4. The van der Waals surface area contributed by atoms with Crippen molar-refractivity contribution in [2.75, 3.05) is 18.0 Å². The Balaban J connectivity index is 2.20. The van der Waals surface area contributed by atoms with Gasteiger partial charge in [-0.1, -0.05) is 19.1 Å². The molecule has 1 saturated heterocycles. The van der Waals surface area contributed by atoms with Gasteiger partial charge in [-0.05, 0) is 25.7 Å². The topological polar surface area (TPSA) is 75.9 Å². The number of allylic oxidation sites excluding steroid dienone is 2. The van der Waals surface area contributed by atoms with Gasteiger partial charge in [-0.2, -0.15) is 4.98 Å². The maximum Gasteiger partial charge on any atom is 0.329 e. The number of aromatic amines is 1. The highest BCUT2D eigenvalue weighted by Crippen LogP contribution is 2.25. The highest BCUT2D eigenvalue weighted by Gasteiger charge is 2.23. The first kappa shape index (κ1) is 15.6. The van der Waals surface area contributed by atoms with Gasteiger partial charge in [0.25, 0.3) is 5.56 Å². The summed E-state index contributed by atoms with van der Waals surface area (Å²) in [5, 5.41) is 0. The van der Waals surface area contributed by atoms with Crippen molar-refractivity contribution >= 4 is 17.1 Å². The average Bonchev–Trinajstić information content (AvgIpc) is 2.91. The number of imidazole rings is 1. The Morgan fingerprint density at radius 2 is 2.00 bits per heavy atom. The van der Waals surface area contributed by atoms with Crippen LogP contribution in [-0.2, 0) is 13.6 Å². The number of rotatable bonds is 3. The molecule has 3 heterocycles. The molecule has 124 valence electrons. The minimum Gasteiger partial charge on any atom is -0.342 e. The Morgan fingerprint density at radius 3 is 2.65 bits per heavy atom. The number of H-pyrrole nitrogens is 1. The van der Waals surface area contributed by atoms with E-state index in [-0.39, 0.29) is 5.56 Å². The van der Waals surface area contributed by atoms with Crippen LogP contribution in [0, 0.1) is 5.92 Å². The van der Waals surface area contributed by atoms with E-state index in [0.29, 0.717) is 23.6 Å². The van der Waals surface area contributed by atoms with Crippen LogP contribution in [0.3, 0.4) is 0 Å². The molecule has 0 radical (unpaired) electrons. The minimum atomic E-state index is -0.433. The van der Waals surface area contributed by atoms with Gasteiger partial charge in [0, 0.05) is 26.7 Å². The Morgan fingerprint density at radius 1 is 1.30 bits per heavy atom. The third-order valence-electron chi connectivity index (χ3n) is 4.58. The second-order valence-electron chi connectivity index (χ2n) is 6.25. The molecule has 0 unspecified atom stereocenters. The van der Waals surface area contributed by atoms with Crippen LogP contribution in [0.2, 0.25) is 0 Å². The quantitative estimate of drug-likeness (QED) is 0.864. The normalized spacial score (nSPS) is 16.7. The molecule has 1 N–H and O–H groups in total. The predicted molar refractivity (Wildman–Crippen MR) is 91.0 cm³/mol. The first-order valence-electron chi connectivity index (χ1n) is 8.08. The molecule has 0 aromatic carbocycles. The number of aromatic nitrogens is 4. The van der Waals surface area contributed by atoms with Gasteiger partial charge in [0.15, 0.2) is 11.2 Å². The molecule has 3 rings (SSSR count). The summed E-state index contributed by atoms with van der Waals surface area (Å²) in [5.41, 5.74) is 0.0874. The number of anilines is 1. The Hall–Kier alpha value is -2.31. The molecule has 0 bridgehead atoms. The van der Waals surface area contributed by atoms with Crippen LogP contribution in [0.15, 0.2) is 21.7 Å². The van der Waals surface area contributed by atoms with Crippen molar-refractivity contribution in [3.05, 3.63) is 33.0 Å². The minimum absolute atomic E-state index is 0.378. The lowest BCUT2D eigenvalue weighted by Gasteiger charge is -2.31. The molecule has 0 amide bonds. The lowest BCUT2D eigenvalue weighted by Crippen LogP contribution is -2.35. The maximum atomic E-state index is 12.3. The van der Waals surface area contributed by atoms with Crippen molar-refractivity contribution in [1.29, 1.82) is 0 Å². The summed E-state index contributed by atoms with van der Waals surface area (Å²) in [6, 6.07) is 0. The molecular weight excluding hydrogens is 294 g/mol. The monoisotopic (exact) mass is 317 g/mol. The van der Waals surface area contributed by atoms with Crippen LogP contribution < -0.4 is 16.1 Å². The van der Waals surface area contributed by atoms with E-state index >= 15 is 0 Å². The SMILES string of the molecule is CC=CCn1c(N2CCC(C)CC2)nc2c1c(=O)[nH]c(=O)n2C. The molecule has 7 heteroatoms. The Kier molecular flexibility index (Phi) is 4.11. The summed E-state index contributed by atoms with van der Waals surface area (Å²) in [6.07, 6.45) is 6.16. The zero-order chi connectivity index (χ0) is 16.6. The molecule has 1 aliphatic rings. The molecular formula is C16H23N5O2. The summed E-state index contributed by atoms with van der Waals surface area (Å²) in [6.45, 7) is 6.62. The number of nitrogens with one attached hydrogen (secondary N) is 1. The number of nitrogens with zero attached hydrogens (tertiary/aromatic N) is 4. The molecule has 0 saturated carbocycles. The fourth-order valence-corrected chi connectivity index (χ4v) is 3.06. The van der Waals surface area contributed by atoms with Gasteiger partial charge in [0.2, 0.25) is 5.95 Å². The van der Waals surface area contributed by atoms with Crippen LogP contribution in [0.5, 0.6) is 0 Å². The summed E-state index contributed by atoms with van der Waals surface area (Å²) in [5.74, 6) is 1.49. The third-order valence-corrected chi connectivity index (χ3v) is 4.58. The first-order chi connectivity index (χ1) is 11.0. The van der Waals surface area contributed by atoms with Crippen molar-refractivity contribution in [2.24, 2.45) is 13.0 Å². The van der Waals surface area contributed by atoms with E-state index < -0.39 is 5.69 Å². The van der Waals surface area contributed by atoms with Crippen LogP contribution in [0.1, 0.15) is 26.7 Å². The van der Waals surface area contributed by atoms with E-state index in [1.165, 1.54) is 4.57 Å². The average molecular weight is 317 g/mol. The third kappa shape index (κ3) is 2.71. The van der Waals surface area contributed by atoms with E-state index in [1.54, 1.807) is 7.05 Å². The van der Waals surface area contributed by atoms with Crippen LogP contribution in [0.25, 0.3) is 11.2 Å². The van der Waals surface area contributed by atoms with Gasteiger partial charge < -0.3 is 9.47 Å². The van der Waals surface area contributed by atoms with Crippen LogP contribution in [-0.4, -0.2) is 32.2 Å². The number of hydrogen-bond donors (Lipinski definition) is 1. The van der Waals surface area contributed by atoms with E-state index in [0.717, 1.165) is 31.9 Å². The highest BCUT2D eigenvalue weighted by molar-refractivity contribution is 5.74. The van der Waals surface area contributed by atoms with Gasteiger partial charge in [-0.15, -0.1) is 0 Å². The summed E-state index contributed by atoms with van der Waals surface area (Å²) >= 11 is 0. The van der Waals surface area contributed by atoms with Gasteiger partial charge in [-0.25, -0.2) is 4.79 Å². The molecule has 23 heavy (non-hydrogen) atoms. The smallest absolute Gasteiger partial charge is 0.329 e. The molecule has 1 fully saturated rings. The predicted octanol–water partition coefficient (Wildman–Crippen LogP) is 1.24. The fraction of sp³-hybridized carbons (Fsp3) is 0.562. The molecule has 0 spiro atoms. The van der Waals surface area contributed by atoms with Crippen LogP contribution >= 0.6 is 0 Å².